The Morgan fingerprint density at radius 2 is 1.97 bits per heavy atom. The predicted molar refractivity (Wildman–Crippen MR) is 113 cm³/mol. The van der Waals surface area contributed by atoms with Gasteiger partial charge in [-0.25, -0.2) is 4.39 Å². The van der Waals surface area contributed by atoms with Gasteiger partial charge in [-0.2, -0.15) is 0 Å². The maximum Gasteiger partial charge on any atom is 0.231 e. The number of nitrogens with zero attached hydrogens (tertiary/aromatic N) is 1. The molecule has 0 radical (unpaired) electrons. The molecule has 2 atom stereocenters. The number of carbonyl (C=O) groups is 2. The third-order valence-corrected chi connectivity index (χ3v) is 5.65. The minimum absolute atomic E-state index is 0. The van der Waals surface area contributed by atoms with Crippen molar-refractivity contribution in [3.05, 3.63) is 65.0 Å². The van der Waals surface area contributed by atoms with Crippen LogP contribution in [0.15, 0.2) is 42.5 Å². The molecular formula is C22H25ClFN3O2. The number of amides is 2. The van der Waals surface area contributed by atoms with E-state index in [1.165, 1.54) is 17.7 Å². The van der Waals surface area contributed by atoms with Crippen molar-refractivity contribution in [3.8, 4) is 0 Å². The van der Waals surface area contributed by atoms with Crippen LogP contribution in [0.2, 0.25) is 0 Å². The van der Waals surface area contributed by atoms with E-state index < -0.39 is 11.7 Å². The number of carbonyl (C=O) groups excluding carboxylic acids is 2. The number of hydrogen-bond donors (Lipinski definition) is 2. The molecule has 0 saturated carbocycles. The summed E-state index contributed by atoms with van der Waals surface area (Å²) in [4.78, 5) is 27.5. The highest BCUT2D eigenvalue weighted by atomic mass is 35.5. The van der Waals surface area contributed by atoms with Gasteiger partial charge >= 0.3 is 0 Å². The van der Waals surface area contributed by atoms with Crippen LogP contribution in [0.5, 0.6) is 0 Å². The average Bonchev–Trinajstić information content (AvgIpc) is 2.72. The van der Waals surface area contributed by atoms with Gasteiger partial charge in [0, 0.05) is 31.7 Å². The normalized spacial score (nSPS) is 21.0. The average molecular weight is 418 g/mol. The maximum absolute atomic E-state index is 13.6. The highest BCUT2D eigenvalue weighted by Gasteiger charge is 2.37. The third kappa shape index (κ3) is 4.28. The van der Waals surface area contributed by atoms with Crippen LogP contribution in [-0.2, 0) is 16.0 Å². The Labute approximate surface area is 176 Å². The largest absolute Gasteiger partial charge is 0.333 e. The fraction of sp³-hybridized carbons (Fsp3) is 0.364. The number of anilines is 1. The van der Waals surface area contributed by atoms with Crippen molar-refractivity contribution < 1.29 is 14.0 Å². The van der Waals surface area contributed by atoms with Crippen molar-refractivity contribution >= 4 is 29.9 Å². The topological polar surface area (TPSA) is 61.4 Å². The molecule has 2 aromatic rings. The van der Waals surface area contributed by atoms with Gasteiger partial charge in [-0.15, -0.1) is 12.4 Å². The Morgan fingerprint density at radius 3 is 2.69 bits per heavy atom. The van der Waals surface area contributed by atoms with Gasteiger partial charge in [-0.1, -0.05) is 37.3 Å². The summed E-state index contributed by atoms with van der Waals surface area (Å²) in [5.41, 5.74) is 3.42. The molecule has 2 unspecified atom stereocenters. The smallest absolute Gasteiger partial charge is 0.231 e. The summed E-state index contributed by atoms with van der Waals surface area (Å²) < 4.78 is 13.6. The lowest BCUT2D eigenvalue weighted by molar-refractivity contribution is -0.138. The molecule has 154 valence electrons. The molecule has 2 aliphatic rings. The van der Waals surface area contributed by atoms with Gasteiger partial charge in [-0.3, -0.25) is 9.59 Å². The van der Waals surface area contributed by atoms with Crippen molar-refractivity contribution in [2.24, 2.45) is 0 Å². The summed E-state index contributed by atoms with van der Waals surface area (Å²) in [6, 6.07) is 12.5. The van der Waals surface area contributed by atoms with Crippen LogP contribution in [0.3, 0.4) is 0 Å². The van der Waals surface area contributed by atoms with E-state index in [4.69, 9.17) is 0 Å². The number of hydrogen-bond acceptors (Lipinski definition) is 3. The van der Waals surface area contributed by atoms with Crippen LogP contribution < -0.4 is 10.6 Å². The molecule has 29 heavy (non-hydrogen) atoms. The zero-order chi connectivity index (χ0) is 19.7. The van der Waals surface area contributed by atoms with Crippen molar-refractivity contribution in [2.75, 3.05) is 25.0 Å². The van der Waals surface area contributed by atoms with Gasteiger partial charge in [0.15, 0.2) is 0 Å². The fourth-order valence-corrected chi connectivity index (χ4v) is 4.10. The molecular weight excluding hydrogens is 393 g/mol. The monoisotopic (exact) mass is 417 g/mol. The molecule has 1 fully saturated rings. The first-order valence-electron chi connectivity index (χ1n) is 9.76. The number of halogens is 2. The highest BCUT2D eigenvalue weighted by Crippen LogP contribution is 2.36. The van der Waals surface area contributed by atoms with Crippen molar-refractivity contribution in [1.82, 2.24) is 10.2 Å². The number of rotatable bonds is 3. The van der Waals surface area contributed by atoms with Gasteiger partial charge in [0.2, 0.25) is 11.8 Å². The zero-order valence-corrected chi connectivity index (χ0v) is 17.1. The van der Waals surface area contributed by atoms with E-state index in [1.54, 1.807) is 6.07 Å². The van der Waals surface area contributed by atoms with E-state index in [0.29, 0.717) is 30.9 Å². The molecule has 2 amide bonds. The van der Waals surface area contributed by atoms with Crippen LogP contribution in [-0.4, -0.2) is 36.3 Å². The molecule has 0 aliphatic carbocycles. The van der Waals surface area contributed by atoms with Gasteiger partial charge in [0.1, 0.15) is 5.82 Å². The van der Waals surface area contributed by atoms with Crippen LogP contribution in [0.25, 0.3) is 0 Å². The Hall–Kier alpha value is -2.44. The van der Waals surface area contributed by atoms with E-state index in [0.717, 1.165) is 12.0 Å². The molecule has 2 heterocycles. The van der Waals surface area contributed by atoms with Gasteiger partial charge in [0.25, 0.3) is 0 Å². The maximum atomic E-state index is 13.6. The van der Waals surface area contributed by atoms with E-state index >= 15 is 0 Å². The first-order valence-corrected chi connectivity index (χ1v) is 9.76. The van der Waals surface area contributed by atoms with E-state index in [-0.39, 0.29) is 36.7 Å². The summed E-state index contributed by atoms with van der Waals surface area (Å²) in [5, 5.41) is 6.04. The standard InChI is InChI=1S/C22H24FN3O2.ClH/c1-2-14-3-5-15(6-4-14)20-13-24-9-10-26(20)22(28)18-12-21(27)25-19-11-16(23)7-8-17(18)19;/h3-8,11,18,20,24H,2,9-10,12-13H2,1H3,(H,25,27);1H. The molecule has 0 bridgehead atoms. The Bertz CT molecular complexity index is 903. The Kier molecular flexibility index (Phi) is 6.55. The zero-order valence-electron chi connectivity index (χ0n) is 16.3. The second-order valence-corrected chi connectivity index (χ2v) is 7.38. The fourth-order valence-electron chi connectivity index (χ4n) is 4.10. The van der Waals surface area contributed by atoms with Crippen LogP contribution in [0.4, 0.5) is 10.1 Å². The Morgan fingerprint density at radius 1 is 1.21 bits per heavy atom. The van der Waals surface area contributed by atoms with Crippen LogP contribution >= 0.6 is 12.4 Å². The van der Waals surface area contributed by atoms with Crippen LogP contribution in [0, 0.1) is 5.82 Å². The predicted octanol–water partition coefficient (Wildman–Crippen LogP) is 3.41. The number of aryl methyl sites for hydroxylation is 1. The minimum atomic E-state index is -0.583. The minimum Gasteiger partial charge on any atom is -0.333 e. The molecule has 7 heteroatoms. The molecule has 5 nitrogen and oxygen atoms in total. The summed E-state index contributed by atoms with van der Waals surface area (Å²) in [7, 11) is 0. The molecule has 2 N–H and O–H groups in total. The quantitative estimate of drug-likeness (QED) is 0.804. The second-order valence-electron chi connectivity index (χ2n) is 7.38. The van der Waals surface area contributed by atoms with Gasteiger partial charge in [-0.05, 0) is 35.2 Å². The number of nitrogens with one attached hydrogen (secondary N) is 2. The lowest BCUT2D eigenvalue weighted by Crippen LogP contribution is -2.50. The van der Waals surface area contributed by atoms with E-state index in [2.05, 4.69) is 41.8 Å². The lowest BCUT2D eigenvalue weighted by atomic mass is 9.88. The van der Waals surface area contributed by atoms with Crippen LogP contribution in [0.1, 0.15) is 42.0 Å². The highest BCUT2D eigenvalue weighted by molar-refractivity contribution is 6.01. The number of piperazine rings is 1. The molecule has 0 aromatic heterocycles. The van der Waals surface area contributed by atoms with E-state index in [9.17, 15) is 14.0 Å². The van der Waals surface area contributed by atoms with Gasteiger partial charge in [0.05, 0.1) is 12.0 Å². The summed E-state index contributed by atoms with van der Waals surface area (Å²) in [6.07, 6.45) is 1.05. The van der Waals surface area contributed by atoms with E-state index in [1.807, 2.05) is 4.90 Å². The summed E-state index contributed by atoms with van der Waals surface area (Å²) in [5.74, 6) is -1.34. The number of benzene rings is 2. The SMILES string of the molecule is CCc1ccc(C2CNCCN2C(=O)C2CC(=O)Nc3cc(F)ccc32)cc1.Cl. The molecule has 1 saturated heterocycles. The van der Waals surface area contributed by atoms with Gasteiger partial charge < -0.3 is 15.5 Å². The summed E-state index contributed by atoms with van der Waals surface area (Å²) in [6.45, 7) is 4.08. The lowest BCUT2D eigenvalue weighted by Gasteiger charge is -2.39. The van der Waals surface area contributed by atoms with Crippen molar-refractivity contribution in [2.45, 2.75) is 31.7 Å². The molecule has 0 spiro atoms. The van der Waals surface area contributed by atoms with Crippen molar-refractivity contribution in [1.29, 1.82) is 0 Å². The first-order chi connectivity index (χ1) is 13.6. The third-order valence-electron chi connectivity index (χ3n) is 5.65. The molecule has 4 rings (SSSR count). The Balaban J connectivity index is 0.00000240. The molecule has 2 aliphatic heterocycles. The molecule has 2 aromatic carbocycles. The first kappa shape index (κ1) is 21.3. The number of fused-ring (bicyclic) bond motifs is 1. The second kappa shape index (κ2) is 8.93. The summed E-state index contributed by atoms with van der Waals surface area (Å²) >= 11 is 0. The van der Waals surface area contributed by atoms with Crippen molar-refractivity contribution in [3.63, 3.8) is 0 Å².